The average molecular weight is 252 g/mol. The molecule has 0 radical (unpaired) electrons. The van der Waals surface area contributed by atoms with Crippen molar-refractivity contribution in [3.8, 4) is 0 Å². The fraction of sp³-hybridized carbons (Fsp3) is 0.692. The van der Waals surface area contributed by atoms with E-state index in [2.05, 4.69) is 27.7 Å². The van der Waals surface area contributed by atoms with E-state index in [4.69, 9.17) is 4.74 Å². The van der Waals surface area contributed by atoms with Crippen molar-refractivity contribution in [1.29, 1.82) is 0 Å². The Hall–Kier alpha value is -0.420. The molecule has 0 amide bonds. The minimum Gasteiger partial charge on any atom is -0.374 e. The molecule has 1 aliphatic heterocycles. The predicted molar refractivity (Wildman–Crippen MR) is 70.4 cm³/mol. The first-order valence-electron chi connectivity index (χ1n) is 6.50. The summed E-state index contributed by atoms with van der Waals surface area (Å²) in [5, 5.41) is 5.58. The molecule has 1 aromatic heterocycles. The van der Waals surface area contributed by atoms with Gasteiger partial charge in [-0.25, -0.2) is 0 Å². The van der Waals surface area contributed by atoms with Crippen LogP contribution in [0.4, 0.5) is 0 Å². The van der Waals surface area contributed by atoms with E-state index >= 15 is 0 Å². The molecule has 1 aliphatic carbocycles. The van der Waals surface area contributed by atoms with E-state index < -0.39 is 0 Å². The zero-order valence-electron chi connectivity index (χ0n) is 10.1. The highest BCUT2D eigenvalue weighted by Gasteiger charge is 2.31. The van der Waals surface area contributed by atoms with Gasteiger partial charge in [0.2, 0.25) is 0 Å². The highest BCUT2D eigenvalue weighted by molar-refractivity contribution is 7.09. The summed E-state index contributed by atoms with van der Waals surface area (Å²) < 4.78 is 5.80. The molecule has 3 nitrogen and oxygen atoms in total. The Labute approximate surface area is 107 Å². The maximum atomic E-state index is 5.80. The Bertz CT molecular complexity index is 331. The number of nitrogens with one attached hydrogen (secondary N) is 1. The summed E-state index contributed by atoms with van der Waals surface area (Å²) in [6, 6.07) is 5.19. The standard InChI is InChI=1S/C13H20N2OS/c1-2-13(17-7-1)10-15(11-3-4-11)9-12-8-14-5-6-16-12/h1-2,7,11-12,14H,3-6,8-10H2. The molecule has 0 spiro atoms. The zero-order valence-corrected chi connectivity index (χ0v) is 10.9. The molecule has 1 saturated carbocycles. The Morgan fingerprint density at radius 3 is 3.06 bits per heavy atom. The summed E-state index contributed by atoms with van der Waals surface area (Å²) in [7, 11) is 0. The second-order valence-electron chi connectivity index (χ2n) is 4.94. The van der Waals surface area contributed by atoms with Gasteiger partial charge in [-0.1, -0.05) is 6.07 Å². The number of thiophene rings is 1. The van der Waals surface area contributed by atoms with Crippen molar-refractivity contribution < 1.29 is 4.74 Å². The Kier molecular flexibility index (Phi) is 3.76. The number of nitrogens with zero attached hydrogens (tertiary/aromatic N) is 1. The monoisotopic (exact) mass is 252 g/mol. The van der Waals surface area contributed by atoms with Gasteiger partial charge in [0.25, 0.3) is 0 Å². The first-order valence-corrected chi connectivity index (χ1v) is 7.38. The van der Waals surface area contributed by atoms with Crippen LogP contribution in [0.15, 0.2) is 17.5 Å². The lowest BCUT2D eigenvalue weighted by Crippen LogP contribution is -2.45. The number of rotatable bonds is 5. The van der Waals surface area contributed by atoms with Gasteiger partial charge in [0, 0.05) is 37.1 Å². The highest BCUT2D eigenvalue weighted by Crippen LogP contribution is 2.29. The molecule has 1 unspecified atom stereocenters. The number of hydrogen-bond acceptors (Lipinski definition) is 4. The minimum atomic E-state index is 0.379. The Morgan fingerprint density at radius 1 is 1.47 bits per heavy atom. The molecule has 0 bridgehead atoms. The lowest BCUT2D eigenvalue weighted by molar-refractivity contribution is 0.00238. The van der Waals surface area contributed by atoms with E-state index in [0.29, 0.717) is 6.10 Å². The first kappa shape index (κ1) is 11.7. The maximum absolute atomic E-state index is 5.80. The molecule has 1 N–H and O–H groups in total. The van der Waals surface area contributed by atoms with Gasteiger partial charge in [0.1, 0.15) is 0 Å². The predicted octanol–water partition coefficient (Wildman–Crippen LogP) is 1.70. The molecule has 1 saturated heterocycles. The normalized spacial score (nSPS) is 25.4. The molecule has 2 fully saturated rings. The number of hydrogen-bond donors (Lipinski definition) is 1. The van der Waals surface area contributed by atoms with E-state index in [1.165, 1.54) is 17.7 Å². The van der Waals surface area contributed by atoms with Crippen LogP contribution < -0.4 is 5.32 Å². The van der Waals surface area contributed by atoms with Crippen LogP contribution in [0.3, 0.4) is 0 Å². The van der Waals surface area contributed by atoms with Crippen LogP contribution in [0.1, 0.15) is 17.7 Å². The molecule has 4 heteroatoms. The van der Waals surface area contributed by atoms with Crippen molar-refractivity contribution in [1.82, 2.24) is 10.2 Å². The van der Waals surface area contributed by atoms with E-state index in [1.54, 1.807) is 0 Å². The van der Waals surface area contributed by atoms with Crippen LogP contribution in [0, 0.1) is 0 Å². The molecular weight excluding hydrogens is 232 g/mol. The van der Waals surface area contributed by atoms with Crippen molar-refractivity contribution >= 4 is 11.3 Å². The largest absolute Gasteiger partial charge is 0.374 e. The number of ether oxygens (including phenoxy) is 1. The van der Waals surface area contributed by atoms with Crippen LogP contribution in [-0.2, 0) is 11.3 Å². The molecule has 94 valence electrons. The second kappa shape index (κ2) is 5.48. The van der Waals surface area contributed by atoms with Gasteiger partial charge in [-0.3, -0.25) is 4.90 Å². The van der Waals surface area contributed by atoms with Gasteiger partial charge in [0.15, 0.2) is 0 Å². The van der Waals surface area contributed by atoms with Crippen LogP contribution in [0.5, 0.6) is 0 Å². The van der Waals surface area contributed by atoms with Crippen LogP contribution >= 0.6 is 11.3 Å². The second-order valence-corrected chi connectivity index (χ2v) is 5.97. The van der Waals surface area contributed by atoms with Crippen molar-refractivity contribution in [3.05, 3.63) is 22.4 Å². The van der Waals surface area contributed by atoms with Gasteiger partial charge in [-0.2, -0.15) is 0 Å². The summed E-state index contributed by atoms with van der Waals surface area (Å²) in [5.74, 6) is 0. The van der Waals surface area contributed by atoms with Gasteiger partial charge < -0.3 is 10.1 Å². The molecule has 2 aliphatic rings. The Balaban J connectivity index is 1.56. The van der Waals surface area contributed by atoms with E-state index in [1.807, 2.05) is 11.3 Å². The highest BCUT2D eigenvalue weighted by atomic mass is 32.1. The van der Waals surface area contributed by atoms with E-state index in [9.17, 15) is 0 Å². The van der Waals surface area contributed by atoms with Gasteiger partial charge >= 0.3 is 0 Å². The topological polar surface area (TPSA) is 24.5 Å². The van der Waals surface area contributed by atoms with Crippen LogP contribution in [0.25, 0.3) is 0 Å². The quantitative estimate of drug-likeness (QED) is 0.863. The van der Waals surface area contributed by atoms with Crippen LogP contribution in [0.2, 0.25) is 0 Å². The van der Waals surface area contributed by atoms with E-state index in [0.717, 1.165) is 38.8 Å². The Morgan fingerprint density at radius 2 is 2.41 bits per heavy atom. The fourth-order valence-corrected chi connectivity index (χ4v) is 3.11. The van der Waals surface area contributed by atoms with Gasteiger partial charge in [-0.15, -0.1) is 11.3 Å². The molecule has 3 rings (SSSR count). The van der Waals surface area contributed by atoms with Gasteiger partial charge in [0.05, 0.1) is 12.7 Å². The molecule has 1 aromatic rings. The van der Waals surface area contributed by atoms with Crippen molar-refractivity contribution in [2.75, 3.05) is 26.2 Å². The number of morpholine rings is 1. The third kappa shape index (κ3) is 3.28. The summed E-state index contributed by atoms with van der Waals surface area (Å²) in [6.07, 6.45) is 3.11. The molecule has 17 heavy (non-hydrogen) atoms. The third-order valence-electron chi connectivity index (χ3n) is 3.44. The maximum Gasteiger partial charge on any atom is 0.0826 e. The molecule has 2 heterocycles. The summed E-state index contributed by atoms with van der Waals surface area (Å²) in [4.78, 5) is 4.07. The lowest BCUT2D eigenvalue weighted by Gasteiger charge is -2.30. The summed E-state index contributed by atoms with van der Waals surface area (Å²) in [6.45, 7) is 5.05. The third-order valence-corrected chi connectivity index (χ3v) is 4.31. The zero-order chi connectivity index (χ0) is 11.5. The van der Waals surface area contributed by atoms with Crippen LogP contribution in [-0.4, -0.2) is 43.3 Å². The molecular formula is C13H20N2OS. The van der Waals surface area contributed by atoms with Crippen molar-refractivity contribution in [3.63, 3.8) is 0 Å². The first-order chi connectivity index (χ1) is 8.42. The fourth-order valence-electron chi connectivity index (χ4n) is 2.38. The summed E-state index contributed by atoms with van der Waals surface area (Å²) in [5.41, 5.74) is 0. The van der Waals surface area contributed by atoms with Gasteiger partial charge in [-0.05, 0) is 24.3 Å². The van der Waals surface area contributed by atoms with Crippen molar-refractivity contribution in [2.45, 2.75) is 31.5 Å². The smallest absolute Gasteiger partial charge is 0.0826 e. The lowest BCUT2D eigenvalue weighted by atomic mass is 10.2. The van der Waals surface area contributed by atoms with E-state index in [-0.39, 0.29) is 0 Å². The summed E-state index contributed by atoms with van der Waals surface area (Å²) >= 11 is 1.86. The average Bonchev–Trinajstić information content (AvgIpc) is 3.09. The van der Waals surface area contributed by atoms with Crippen molar-refractivity contribution in [2.24, 2.45) is 0 Å². The molecule has 0 aromatic carbocycles. The minimum absolute atomic E-state index is 0.379. The molecule has 1 atom stereocenters. The SMILES string of the molecule is c1csc(CN(CC2CNCCO2)C2CC2)c1.